The van der Waals surface area contributed by atoms with E-state index in [2.05, 4.69) is 20.1 Å². The molecule has 1 atom stereocenters. The number of hydrogen-bond donors (Lipinski definition) is 1. The van der Waals surface area contributed by atoms with Crippen LogP contribution in [0.1, 0.15) is 55.9 Å². The molecule has 25 heavy (non-hydrogen) atoms. The number of aryl methyl sites for hydroxylation is 2. The number of benzene rings is 1. The van der Waals surface area contributed by atoms with Crippen LogP contribution >= 0.6 is 0 Å². The smallest absolute Gasteiger partial charge is 0.220 e. The molecule has 0 bridgehead atoms. The highest BCUT2D eigenvalue weighted by Gasteiger charge is 2.20. The molecule has 2 aromatic rings. The molecule has 0 unspecified atom stereocenters. The fourth-order valence-electron chi connectivity index (χ4n) is 3.26. The summed E-state index contributed by atoms with van der Waals surface area (Å²) < 4.78 is 7.33. The van der Waals surface area contributed by atoms with Gasteiger partial charge in [-0.1, -0.05) is 18.6 Å². The van der Waals surface area contributed by atoms with Crippen molar-refractivity contribution in [2.75, 3.05) is 7.11 Å². The molecule has 1 amide bonds. The first-order valence-electron chi connectivity index (χ1n) is 9.01. The van der Waals surface area contributed by atoms with Gasteiger partial charge < -0.3 is 14.6 Å². The van der Waals surface area contributed by atoms with Crippen LogP contribution in [-0.2, 0) is 24.2 Å². The van der Waals surface area contributed by atoms with E-state index < -0.39 is 0 Å². The Hall–Kier alpha value is -2.37. The molecule has 6 heteroatoms. The van der Waals surface area contributed by atoms with Crippen molar-refractivity contribution in [1.29, 1.82) is 0 Å². The Bertz CT molecular complexity index is 709. The quantitative estimate of drug-likeness (QED) is 0.876. The van der Waals surface area contributed by atoms with Crippen LogP contribution in [0.2, 0.25) is 0 Å². The van der Waals surface area contributed by atoms with Crippen LogP contribution in [0, 0.1) is 0 Å². The minimum atomic E-state index is -0.122. The maximum atomic E-state index is 12.3. The summed E-state index contributed by atoms with van der Waals surface area (Å²) in [5.41, 5.74) is 1.12. The van der Waals surface area contributed by atoms with E-state index in [1.165, 1.54) is 12.8 Å². The lowest BCUT2D eigenvalue weighted by molar-refractivity contribution is -0.121. The molecular weight excluding hydrogens is 316 g/mol. The fourth-order valence-corrected chi connectivity index (χ4v) is 3.26. The lowest BCUT2D eigenvalue weighted by Crippen LogP contribution is -2.29. The zero-order valence-corrected chi connectivity index (χ0v) is 15.0. The Morgan fingerprint density at radius 3 is 2.80 bits per heavy atom. The Balaban J connectivity index is 1.54. The lowest BCUT2D eigenvalue weighted by Gasteiger charge is -2.15. The number of aromatic nitrogens is 3. The SMILES string of the molecule is COc1ccc(CCC(=O)N[C@@H](C)c2nnc3n2CCCCC3)cc1. The van der Waals surface area contributed by atoms with Crippen molar-refractivity contribution < 1.29 is 9.53 Å². The van der Waals surface area contributed by atoms with Crippen molar-refractivity contribution in [3.05, 3.63) is 41.5 Å². The Morgan fingerprint density at radius 2 is 2.04 bits per heavy atom. The average molecular weight is 342 g/mol. The molecule has 0 aliphatic carbocycles. The van der Waals surface area contributed by atoms with E-state index >= 15 is 0 Å². The fraction of sp³-hybridized carbons (Fsp3) is 0.526. The number of nitrogens with zero attached hydrogens (tertiary/aromatic N) is 3. The van der Waals surface area contributed by atoms with Crippen molar-refractivity contribution in [3.8, 4) is 5.75 Å². The molecule has 1 aliphatic heterocycles. The molecule has 3 rings (SSSR count). The van der Waals surface area contributed by atoms with Crippen molar-refractivity contribution in [3.63, 3.8) is 0 Å². The van der Waals surface area contributed by atoms with Gasteiger partial charge in [0.25, 0.3) is 0 Å². The number of hydrogen-bond acceptors (Lipinski definition) is 4. The maximum absolute atomic E-state index is 12.3. The van der Waals surface area contributed by atoms with Crippen LogP contribution in [0.15, 0.2) is 24.3 Å². The molecule has 1 N–H and O–H groups in total. The third-order valence-corrected chi connectivity index (χ3v) is 4.70. The van der Waals surface area contributed by atoms with Crippen molar-refractivity contribution >= 4 is 5.91 Å². The number of ether oxygens (including phenoxy) is 1. The number of nitrogens with one attached hydrogen (secondary N) is 1. The van der Waals surface area contributed by atoms with Gasteiger partial charge in [-0.15, -0.1) is 10.2 Å². The van der Waals surface area contributed by atoms with E-state index in [0.29, 0.717) is 12.8 Å². The molecule has 1 aliphatic rings. The maximum Gasteiger partial charge on any atom is 0.220 e. The van der Waals surface area contributed by atoms with Gasteiger partial charge in [-0.3, -0.25) is 4.79 Å². The van der Waals surface area contributed by atoms with Gasteiger partial charge in [-0.25, -0.2) is 0 Å². The first-order chi connectivity index (χ1) is 12.2. The number of carbonyl (C=O) groups is 1. The summed E-state index contributed by atoms with van der Waals surface area (Å²) in [6.07, 6.45) is 5.69. The molecule has 6 nitrogen and oxygen atoms in total. The van der Waals surface area contributed by atoms with E-state index in [1.807, 2.05) is 31.2 Å². The third-order valence-electron chi connectivity index (χ3n) is 4.70. The number of rotatable bonds is 6. The molecule has 0 spiro atoms. The standard InChI is InChI=1S/C19H26N4O2/c1-14(19-22-21-17-6-4-3-5-13-23(17)19)20-18(24)12-9-15-7-10-16(25-2)11-8-15/h7-8,10-11,14H,3-6,9,12-13H2,1-2H3,(H,20,24)/t14-/m0/s1. The molecule has 0 fully saturated rings. The van der Waals surface area contributed by atoms with Gasteiger partial charge in [0.15, 0.2) is 5.82 Å². The molecule has 134 valence electrons. The molecule has 0 saturated carbocycles. The number of amides is 1. The van der Waals surface area contributed by atoms with Crippen LogP contribution in [0.5, 0.6) is 5.75 Å². The van der Waals surface area contributed by atoms with Crippen LogP contribution < -0.4 is 10.1 Å². The predicted octanol–water partition coefficient (Wildman–Crippen LogP) is 2.82. The normalized spacial score (nSPS) is 15.1. The van der Waals surface area contributed by atoms with Gasteiger partial charge in [0.2, 0.25) is 5.91 Å². The summed E-state index contributed by atoms with van der Waals surface area (Å²) in [7, 11) is 1.65. The zero-order chi connectivity index (χ0) is 17.6. The largest absolute Gasteiger partial charge is 0.497 e. The second kappa shape index (κ2) is 8.14. The highest BCUT2D eigenvalue weighted by Crippen LogP contribution is 2.19. The summed E-state index contributed by atoms with van der Waals surface area (Å²) in [5, 5.41) is 11.7. The second-order valence-corrected chi connectivity index (χ2v) is 6.57. The Kier molecular flexibility index (Phi) is 5.68. The molecular formula is C19H26N4O2. The number of fused-ring (bicyclic) bond motifs is 1. The van der Waals surface area contributed by atoms with Gasteiger partial charge in [0, 0.05) is 19.4 Å². The monoisotopic (exact) mass is 342 g/mol. The number of carbonyl (C=O) groups excluding carboxylic acids is 1. The highest BCUT2D eigenvalue weighted by atomic mass is 16.5. The summed E-state index contributed by atoms with van der Waals surface area (Å²) in [6.45, 7) is 2.93. The molecule has 0 saturated heterocycles. The van der Waals surface area contributed by atoms with Gasteiger partial charge in [-0.05, 0) is 43.9 Å². The lowest BCUT2D eigenvalue weighted by atomic mass is 10.1. The minimum absolute atomic E-state index is 0.0364. The van der Waals surface area contributed by atoms with Gasteiger partial charge in [0.1, 0.15) is 11.6 Å². The van der Waals surface area contributed by atoms with Crippen molar-refractivity contribution in [1.82, 2.24) is 20.1 Å². The second-order valence-electron chi connectivity index (χ2n) is 6.57. The highest BCUT2D eigenvalue weighted by molar-refractivity contribution is 5.76. The first kappa shape index (κ1) is 17.5. The average Bonchev–Trinajstić information content (AvgIpc) is 2.89. The van der Waals surface area contributed by atoms with E-state index in [0.717, 1.165) is 42.3 Å². The summed E-state index contributed by atoms with van der Waals surface area (Å²) >= 11 is 0. The molecule has 0 radical (unpaired) electrons. The van der Waals surface area contributed by atoms with E-state index in [4.69, 9.17) is 4.74 Å². The predicted molar refractivity (Wildman–Crippen MR) is 95.4 cm³/mol. The third kappa shape index (κ3) is 4.38. The van der Waals surface area contributed by atoms with E-state index in [-0.39, 0.29) is 11.9 Å². The van der Waals surface area contributed by atoms with Crippen LogP contribution in [0.25, 0.3) is 0 Å². The zero-order valence-electron chi connectivity index (χ0n) is 15.0. The van der Waals surface area contributed by atoms with E-state index in [1.54, 1.807) is 7.11 Å². The number of methoxy groups -OCH3 is 1. The van der Waals surface area contributed by atoms with Crippen LogP contribution in [0.4, 0.5) is 0 Å². The van der Waals surface area contributed by atoms with Crippen molar-refractivity contribution in [2.45, 2.75) is 58.0 Å². The summed E-state index contributed by atoms with van der Waals surface area (Å²) in [5.74, 6) is 2.78. The van der Waals surface area contributed by atoms with Crippen molar-refractivity contribution in [2.24, 2.45) is 0 Å². The minimum Gasteiger partial charge on any atom is -0.497 e. The van der Waals surface area contributed by atoms with E-state index in [9.17, 15) is 4.79 Å². The van der Waals surface area contributed by atoms with Gasteiger partial charge in [0.05, 0.1) is 13.2 Å². The molecule has 2 heterocycles. The van der Waals surface area contributed by atoms with Gasteiger partial charge >= 0.3 is 0 Å². The summed E-state index contributed by atoms with van der Waals surface area (Å²) in [4.78, 5) is 12.3. The summed E-state index contributed by atoms with van der Waals surface area (Å²) in [6, 6.07) is 7.70. The Labute approximate surface area is 148 Å². The topological polar surface area (TPSA) is 69.0 Å². The van der Waals surface area contributed by atoms with Crippen LogP contribution in [-0.4, -0.2) is 27.8 Å². The molecule has 1 aromatic carbocycles. The molecule has 1 aromatic heterocycles. The Morgan fingerprint density at radius 1 is 1.24 bits per heavy atom. The first-order valence-corrected chi connectivity index (χ1v) is 9.01. The van der Waals surface area contributed by atoms with Gasteiger partial charge in [-0.2, -0.15) is 0 Å². The van der Waals surface area contributed by atoms with Crippen LogP contribution in [0.3, 0.4) is 0 Å².